The molecular formula is C19H16F3NO. The molecule has 0 saturated carbocycles. The van der Waals surface area contributed by atoms with Crippen molar-refractivity contribution in [1.82, 2.24) is 0 Å². The molecule has 24 heavy (non-hydrogen) atoms. The largest absolute Gasteiger partial charge is 0.416 e. The monoisotopic (exact) mass is 331 g/mol. The van der Waals surface area contributed by atoms with Crippen LogP contribution in [0.15, 0.2) is 36.4 Å². The zero-order valence-electron chi connectivity index (χ0n) is 12.9. The number of anilines is 1. The lowest BCUT2D eigenvalue weighted by Crippen LogP contribution is -2.25. The molecule has 1 aliphatic carbocycles. The van der Waals surface area contributed by atoms with Gasteiger partial charge in [-0.3, -0.25) is 4.79 Å². The maximum atomic E-state index is 13.4. The van der Waals surface area contributed by atoms with Crippen molar-refractivity contribution in [3.63, 3.8) is 0 Å². The van der Waals surface area contributed by atoms with E-state index in [9.17, 15) is 18.0 Å². The van der Waals surface area contributed by atoms with Crippen LogP contribution in [0.2, 0.25) is 0 Å². The third-order valence-electron chi connectivity index (χ3n) is 4.94. The molecule has 2 aromatic carbocycles. The van der Waals surface area contributed by atoms with E-state index in [1.165, 1.54) is 23.3 Å². The summed E-state index contributed by atoms with van der Waals surface area (Å²) in [6, 6.07) is 9.51. The minimum absolute atomic E-state index is 0.0406. The summed E-state index contributed by atoms with van der Waals surface area (Å²) in [7, 11) is 0. The molecule has 0 radical (unpaired) electrons. The number of nitrogens with one attached hydrogen (secondary N) is 1. The van der Waals surface area contributed by atoms with Crippen molar-refractivity contribution in [2.24, 2.45) is 0 Å². The molecule has 0 spiro atoms. The third-order valence-corrected chi connectivity index (χ3v) is 4.94. The lowest BCUT2D eigenvalue weighted by atomic mass is 9.81. The fourth-order valence-corrected chi connectivity index (χ4v) is 3.87. The fraction of sp³-hybridized carbons (Fsp3) is 0.316. The molecule has 5 heteroatoms. The van der Waals surface area contributed by atoms with E-state index in [0.717, 1.165) is 30.9 Å². The highest BCUT2D eigenvalue weighted by Crippen LogP contribution is 2.44. The van der Waals surface area contributed by atoms with Gasteiger partial charge in [0.05, 0.1) is 5.56 Å². The molecule has 1 amide bonds. The molecule has 2 aromatic rings. The molecule has 0 fully saturated rings. The van der Waals surface area contributed by atoms with Gasteiger partial charge in [-0.1, -0.05) is 24.3 Å². The van der Waals surface area contributed by atoms with Gasteiger partial charge in [0.25, 0.3) is 0 Å². The Kier molecular flexibility index (Phi) is 3.41. The highest BCUT2D eigenvalue weighted by atomic mass is 19.4. The maximum absolute atomic E-state index is 13.4. The summed E-state index contributed by atoms with van der Waals surface area (Å²) in [6.45, 7) is 0. The Morgan fingerprint density at radius 2 is 1.71 bits per heavy atom. The van der Waals surface area contributed by atoms with E-state index in [4.69, 9.17) is 0 Å². The van der Waals surface area contributed by atoms with Crippen molar-refractivity contribution >= 4 is 11.6 Å². The minimum atomic E-state index is -4.43. The molecule has 2 aliphatic rings. The number of aryl methyl sites for hydroxylation is 2. The number of carbonyl (C=O) groups is 1. The number of hydrogen-bond donors (Lipinski definition) is 1. The Morgan fingerprint density at radius 3 is 2.46 bits per heavy atom. The summed E-state index contributed by atoms with van der Waals surface area (Å²) < 4.78 is 40.2. The SMILES string of the molecule is O=C1CC(c2ccccc2C(F)(F)F)c2cc3c(cc2N1)CCC3. The molecule has 4 rings (SSSR count). The predicted molar refractivity (Wildman–Crippen MR) is 85.0 cm³/mol. The van der Waals surface area contributed by atoms with Crippen molar-refractivity contribution in [2.75, 3.05) is 5.32 Å². The number of carbonyl (C=O) groups excluding carboxylic acids is 1. The van der Waals surface area contributed by atoms with Gasteiger partial charge in [0.15, 0.2) is 0 Å². The molecular weight excluding hydrogens is 315 g/mol. The van der Waals surface area contributed by atoms with Crippen LogP contribution in [0, 0.1) is 0 Å². The van der Waals surface area contributed by atoms with Crippen LogP contribution in [0.1, 0.15) is 46.6 Å². The second-order valence-electron chi connectivity index (χ2n) is 6.45. The van der Waals surface area contributed by atoms with Gasteiger partial charge in [-0.25, -0.2) is 0 Å². The van der Waals surface area contributed by atoms with Crippen LogP contribution in [-0.2, 0) is 23.8 Å². The van der Waals surface area contributed by atoms with Crippen molar-refractivity contribution < 1.29 is 18.0 Å². The summed E-state index contributed by atoms with van der Waals surface area (Å²) in [6.07, 6.45) is -1.43. The van der Waals surface area contributed by atoms with Crippen molar-refractivity contribution in [2.45, 2.75) is 37.8 Å². The molecule has 1 N–H and O–H groups in total. The summed E-state index contributed by atoms with van der Waals surface area (Å²) in [5, 5.41) is 2.83. The average Bonchev–Trinajstić information content (AvgIpc) is 2.98. The minimum Gasteiger partial charge on any atom is -0.326 e. The number of halogens is 3. The normalized spacial score (nSPS) is 19.6. The van der Waals surface area contributed by atoms with Crippen molar-refractivity contribution in [1.29, 1.82) is 0 Å². The molecule has 0 aromatic heterocycles. The standard InChI is InChI=1S/C19H16F3NO/c20-19(21,22)16-7-2-1-6-13(16)14-10-18(24)23-17-9-12-5-3-4-11(12)8-15(14)17/h1-2,6-9,14H,3-5,10H2,(H,23,24). The quantitative estimate of drug-likeness (QED) is 0.808. The van der Waals surface area contributed by atoms with Gasteiger partial charge in [-0.05, 0) is 53.6 Å². The summed E-state index contributed by atoms with van der Waals surface area (Å²) in [5.74, 6) is -0.792. The van der Waals surface area contributed by atoms with Gasteiger partial charge in [-0.15, -0.1) is 0 Å². The van der Waals surface area contributed by atoms with Crippen molar-refractivity contribution in [3.05, 3.63) is 64.2 Å². The number of benzene rings is 2. The first-order chi connectivity index (χ1) is 11.4. The van der Waals surface area contributed by atoms with Crippen LogP contribution in [0.3, 0.4) is 0 Å². The van der Waals surface area contributed by atoms with E-state index in [1.807, 2.05) is 12.1 Å². The van der Waals surface area contributed by atoms with E-state index in [2.05, 4.69) is 5.32 Å². The highest BCUT2D eigenvalue weighted by Gasteiger charge is 2.37. The van der Waals surface area contributed by atoms with Crippen LogP contribution in [-0.4, -0.2) is 5.91 Å². The summed E-state index contributed by atoms with van der Waals surface area (Å²) >= 11 is 0. The van der Waals surface area contributed by atoms with E-state index in [1.54, 1.807) is 6.07 Å². The molecule has 0 bridgehead atoms. The summed E-state index contributed by atoms with van der Waals surface area (Å²) in [4.78, 5) is 12.1. The maximum Gasteiger partial charge on any atom is 0.416 e. The topological polar surface area (TPSA) is 29.1 Å². The molecule has 1 unspecified atom stereocenters. The fourth-order valence-electron chi connectivity index (χ4n) is 3.87. The first-order valence-electron chi connectivity index (χ1n) is 8.05. The van der Waals surface area contributed by atoms with Gasteiger partial charge in [-0.2, -0.15) is 13.2 Å². The molecule has 1 atom stereocenters. The van der Waals surface area contributed by atoms with Gasteiger partial charge in [0, 0.05) is 18.0 Å². The third kappa shape index (κ3) is 2.48. The Bertz CT molecular complexity index is 826. The van der Waals surface area contributed by atoms with Crippen LogP contribution in [0.5, 0.6) is 0 Å². The van der Waals surface area contributed by atoms with Gasteiger partial charge in [0.1, 0.15) is 0 Å². The van der Waals surface area contributed by atoms with E-state index < -0.39 is 17.7 Å². The number of rotatable bonds is 1. The van der Waals surface area contributed by atoms with Gasteiger partial charge >= 0.3 is 6.18 Å². The van der Waals surface area contributed by atoms with Gasteiger partial charge < -0.3 is 5.32 Å². The lowest BCUT2D eigenvalue weighted by molar-refractivity contribution is -0.138. The number of fused-ring (bicyclic) bond motifs is 2. The van der Waals surface area contributed by atoms with E-state index in [-0.39, 0.29) is 17.9 Å². The Hall–Kier alpha value is -2.30. The second kappa shape index (κ2) is 5.36. The number of alkyl halides is 3. The predicted octanol–water partition coefficient (Wildman–Crippen LogP) is 4.67. The van der Waals surface area contributed by atoms with Crippen LogP contribution < -0.4 is 5.32 Å². The van der Waals surface area contributed by atoms with Crippen LogP contribution in [0.4, 0.5) is 18.9 Å². The van der Waals surface area contributed by atoms with Gasteiger partial charge in [0.2, 0.25) is 5.91 Å². The summed E-state index contributed by atoms with van der Waals surface area (Å²) in [5.41, 5.74) is 3.37. The van der Waals surface area contributed by atoms with E-state index in [0.29, 0.717) is 5.69 Å². The average molecular weight is 331 g/mol. The number of amides is 1. The Morgan fingerprint density at radius 1 is 1.00 bits per heavy atom. The second-order valence-corrected chi connectivity index (χ2v) is 6.45. The smallest absolute Gasteiger partial charge is 0.326 e. The van der Waals surface area contributed by atoms with Crippen molar-refractivity contribution in [3.8, 4) is 0 Å². The van der Waals surface area contributed by atoms with Crippen LogP contribution in [0.25, 0.3) is 0 Å². The zero-order chi connectivity index (χ0) is 16.9. The first kappa shape index (κ1) is 15.2. The zero-order valence-corrected chi connectivity index (χ0v) is 12.9. The first-order valence-corrected chi connectivity index (χ1v) is 8.05. The molecule has 124 valence electrons. The van der Waals surface area contributed by atoms with E-state index >= 15 is 0 Å². The Balaban J connectivity index is 1.88. The molecule has 1 aliphatic heterocycles. The lowest BCUT2D eigenvalue weighted by Gasteiger charge is -2.29. The number of hydrogen-bond acceptors (Lipinski definition) is 1. The van der Waals surface area contributed by atoms with Crippen LogP contribution >= 0.6 is 0 Å². The Labute approximate surface area is 137 Å². The highest BCUT2D eigenvalue weighted by molar-refractivity contribution is 5.95. The molecule has 1 heterocycles. The molecule has 2 nitrogen and oxygen atoms in total. The molecule has 0 saturated heterocycles.